The third-order valence-corrected chi connectivity index (χ3v) is 6.24. The van der Waals surface area contributed by atoms with Gasteiger partial charge in [0.1, 0.15) is 18.4 Å². The topological polar surface area (TPSA) is 215 Å². The van der Waals surface area contributed by atoms with Gasteiger partial charge < -0.3 is 28.4 Å². The predicted octanol–water partition coefficient (Wildman–Crippen LogP) is -0.486. The van der Waals surface area contributed by atoms with E-state index in [0.717, 1.165) is 27.7 Å². The first-order valence-corrected chi connectivity index (χ1v) is 13.3. The van der Waals surface area contributed by atoms with Crippen molar-refractivity contribution in [1.82, 2.24) is 15.0 Å². The highest BCUT2D eigenvalue weighted by molar-refractivity contribution is 7.89. The molecule has 1 unspecified atom stereocenters. The molecule has 2 aromatic rings. The summed E-state index contributed by atoms with van der Waals surface area (Å²) in [5, 5.41) is 13.1. The van der Waals surface area contributed by atoms with Crippen LogP contribution in [0.5, 0.6) is 0 Å². The Kier molecular flexibility index (Phi) is 9.91. The Labute approximate surface area is 228 Å². The molecule has 0 saturated carbocycles. The van der Waals surface area contributed by atoms with E-state index >= 15 is 0 Å². The Balaban J connectivity index is 1.84. The van der Waals surface area contributed by atoms with Crippen molar-refractivity contribution in [2.24, 2.45) is 5.14 Å². The smallest absolute Gasteiger partial charge is 0.303 e. The van der Waals surface area contributed by atoms with Crippen LogP contribution < -0.4 is 5.14 Å². The summed E-state index contributed by atoms with van der Waals surface area (Å²) in [5.41, 5.74) is 0.752. The average molecular weight is 585 g/mol. The molecule has 0 bridgehead atoms. The first-order chi connectivity index (χ1) is 18.7. The number of ether oxygens (including phenoxy) is 6. The van der Waals surface area contributed by atoms with Gasteiger partial charge in [0.05, 0.1) is 23.4 Å². The Hall–Kier alpha value is -3.93. The zero-order chi connectivity index (χ0) is 29.6. The van der Waals surface area contributed by atoms with Crippen molar-refractivity contribution >= 4 is 33.9 Å². The van der Waals surface area contributed by atoms with Crippen molar-refractivity contribution in [3.05, 3.63) is 36.2 Å². The number of nitrogens with two attached hydrogens (primary N) is 1. The molecule has 1 aliphatic rings. The number of sulfonamides is 1. The van der Waals surface area contributed by atoms with Gasteiger partial charge in [0.15, 0.2) is 24.6 Å². The Morgan fingerprint density at radius 2 is 1.48 bits per heavy atom. The molecule has 1 fully saturated rings. The zero-order valence-corrected chi connectivity index (χ0v) is 22.7. The number of primary sulfonamides is 1. The third kappa shape index (κ3) is 8.28. The van der Waals surface area contributed by atoms with Crippen LogP contribution in [0.3, 0.4) is 0 Å². The molecule has 3 rings (SSSR count). The minimum absolute atomic E-state index is 0.0800. The summed E-state index contributed by atoms with van der Waals surface area (Å²) in [5.74, 6) is -2.95. The molecule has 1 aliphatic heterocycles. The highest BCUT2D eigenvalue weighted by atomic mass is 32.2. The SMILES string of the molecule is CC(=O)OC[C@H]1OC(OCc2cn(-c3ccc(S(N)(=O)=O)cc3)nn2)[C@H](OC(C)=O)[C@@H](OC(C)=O)[C@H]1OC(C)=O. The van der Waals surface area contributed by atoms with E-state index in [9.17, 15) is 27.6 Å². The lowest BCUT2D eigenvalue weighted by Gasteiger charge is -2.43. The number of aromatic nitrogens is 3. The van der Waals surface area contributed by atoms with Crippen molar-refractivity contribution in [1.29, 1.82) is 0 Å². The molecule has 2 N–H and O–H groups in total. The van der Waals surface area contributed by atoms with Crippen LogP contribution in [0.25, 0.3) is 5.69 Å². The van der Waals surface area contributed by atoms with E-state index in [4.69, 9.17) is 33.6 Å². The Morgan fingerprint density at radius 3 is 2.02 bits per heavy atom. The number of hydrogen-bond acceptors (Lipinski definition) is 14. The molecule has 0 amide bonds. The number of benzene rings is 1. The Morgan fingerprint density at radius 1 is 0.900 bits per heavy atom. The summed E-state index contributed by atoms with van der Waals surface area (Å²) in [6.45, 7) is 3.85. The highest BCUT2D eigenvalue weighted by Crippen LogP contribution is 2.30. The van der Waals surface area contributed by atoms with Crippen molar-refractivity contribution in [2.75, 3.05) is 6.61 Å². The first kappa shape index (κ1) is 30.6. The van der Waals surface area contributed by atoms with Crippen molar-refractivity contribution in [3.8, 4) is 5.69 Å². The molecule has 40 heavy (non-hydrogen) atoms. The monoisotopic (exact) mass is 584 g/mol. The summed E-state index contributed by atoms with van der Waals surface area (Å²) in [6, 6.07) is 5.55. The predicted molar refractivity (Wildman–Crippen MR) is 129 cm³/mol. The van der Waals surface area contributed by atoms with Gasteiger partial charge in [-0.25, -0.2) is 18.2 Å². The minimum atomic E-state index is -3.87. The van der Waals surface area contributed by atoms with Crippen LogP contribution in [0, 0.1) is 0 Å². The van der Waals surface area contributed by atoms with E-state index in [0.29, 0.717) is 5.69 Å². The number of hydrogen-bond donors (Lipinski definition) is 1. The van der Waals surface area contributed by atoms with Gasteiger partial charge in [0, 0.05) is 27.7 Å². The molecule has 17 heteroatoms. The van der Waals surface area contributed by atoms with Crippen LogP contribution >= 0.6 is 0 Å². The fourth-order valence-corrected chi connectivity index (χ4v) is 4.29. The molecule has 2 heterocycles. The molecule has 5 atom stereocenters. The lowest BCUT2D eigenvalue weighted by molar-refractivity contribution is -0.310. The second-order valence-electron chi connectivity index (χ2n) is 8.57. The van der Waals surface area contributed by atoms with Gasteiger partial charge in [-0.3, -0.25) is 19.2 Å². The largest absolute Gasteiger partial charge is 0.463 e. The van der Waals surface area contributed by atoms with Gasteiger partial charge in [-0.15, -0.1) is 5.10 Å². The van der Waals surface area contributed by atoms with E-state index in [1.165, 1.54) is 35.1 Å². The summed E-state index contributed by atoms with van der Waals surface area (Å²) in [6.07, 6.45) is -5.15. The quantitative estimate of drug-likeness (QED) is 0.276. The van der Waals surface area contributed by atoms with Crippen molar-refractivity contribution in [2.45, 2.75) is 69.9 Å². The number of carbonyl (C=O) groups is 4. The van der Waals surface area contributed by atoms with Crippen LogP contribution in [-0.4, -0.2) is 84.6 Å². The average Bonchev–Trinajstić information content (AvgIpc) is 3.32. The molecular formula is C23H28N4O12S. The summed E-state index contributed by atoms with van der Waals surface area (Å²) in [7, 11) is -3.87. The second kappa shape index (κ2) is 12.9. The van der Waals surface area contributed by atoms with E-state index in [-0.39, 0.29) is 17.2 Å². The normalized spacial score (nSPS) is 22.7. The van der Waals surface area contributed by atoms with Crippen LogP contribution in [0.2, 0.25) is 0 Å². The molecule has 0 aliphatic carbocycles. The number of nitrogens with zero attached hydrogens (tertiary/aromatic N) is 3. The molecule has 218 valence electrons. The number of esters is 4. The highest BCUT2D eigenvalue weighted by Gasteiger charge is 2.52. The van der Waals surface area contributed by atoms with E-state index < -0.39 is 71.2 Å². The summed E-state index contributed by atoms with van der Waals surface area (Å²) >= 11 is 0. The molecular weight excluding hydrogens is 556 g/mol. The molecule has 0 radical (unpaired) electrons. The maximum Gasteiger partial charge on any atom is 0.303 e. The summed E-state index contributed by atoms with van der Waals surface area (Å²) < 4.78 is 57.0. The van der Waals surface area contributed by atoms with Crippen molar-refractivity contribution < 1.29 is 56.0 Å². The van der Waals surface area contributed by atoms with E-state index in [1.807, 2.05) is 0 Å². The maximum absolute atomic E-state index is 11.9. The number of rotatable bonds is 10. The van der Waals surface area contributed by atoms with Gasteiger partial charge in [-0.05, 0) is 24.3 Å². The maximum atomic E-state index is 11.9. The summed E-state index contributed by atoms with van der Waals surface area (Å²) in [4.78, 5) is 47.0. The van der Waals surface area contributed by atoms with Gasteiger partial charge in [-0.2, -0.15) is 0 Å². The van der Waals surface area contributed by atoms with Crippen LogP contribution in [-0.2, 0) is 64.2 Å². The molecule has 16 nitrogen and oxygen atoms in total. The lowest BCUT2D eigenvalue weighted by atomic mass is 9.98. The fourth-order valence-electron chi connectivity index (χ4n) is 3.77. The zero-order valence-electron chi connectivity index (χ0n) is 21.9. The molecule has 1 aromatic carbocycles. The first-order valence-electron chi connectivity index (χ1n) is 11.7. The lowest BCUT2D eigenvalue weighted by Crippen LogP contribution is -2.62. The molecule has 0 spiro atoms. The van der Waals surface area contributed by atoms with E-state index in [2.05, 4.69) is 10.3 Å². The van der Waals surface area contributed by atoms with Crippen LogP contribution in [0.1, 0.15) is 33.4 Å². The van der Waals surface area contributed by atoms with E-state index in [1.54, 1.807) is 0 Å². The Bertz CT molecular complexity index is 1340. The van der Waals surface area contributed by atoms with Gasteiger partial charge in [0.25, 0.3) is 0 Å². The second-order valence-corrected chi connectivity index (χ2v) is 10.1. The standard InChI is InChI=1S/C23H28N4O12S/c1-12(28)34-11-19-20(36-13(2)29)21(37-14(3)30)22(38-15(4)31)23(39-19)35-10-16-9-27(26-25-16)17-5-7-18(8-6-17)40(24,32)33/h5-9,19-23H,10-11H2,1-4H3,(H2,24,32,33)/t19-,20+,21+,22-,23?/m1/s1. The van der Waals surface area contributed by atoms with Crippen LogP contribution in [0.15, 0.2) is 35.4 Å². The fraction of sp³-hybridized carbons (Fsp3) is 0.478. The van der Waals surface area contributed by atoms with Crippen molar-refractivity contribution in [3.63, 3.8) is 0 Å². The molecule has 1 aromatic heterocycles. The minimum Gasteiger partial charge on any atom is -0.463 e. The van der Waals surface area contributed by atoms with Gasteiger partial charge >= 0.3 is 23.9 Å². The van der Waals surface area contributed by atoms with Gasteiger partial charge in [0.2, 0.25) is 10.0 Å². The number of carbonyl (C=O) groups excluding carboxylic acids is 4. The van der Waals surface area contributed by atoms with Gasteiger partial charge in [-0.1, -0.05) is 5.21 Å². The molecule has 1 saturated heterocycles. The third-order valence-electron chi connectivity index (χ3n) is 5.31. The van der Waals surface area contributed by atoms with Crippen LogP contribution in [0.4, 0.5) is 0 Å².